The number of amides is 1. The first kappa shape index (κ1) is 22.1. The quantitative estimate of drug-likeness (QED) is 0.666. The maximum absolute atomic E-state index is 13.3. The Kier molecular flexibility index (Phi) is 7.38. The van der Waals surface area contributed by atoms with Gasteiger partial charge in [0.25, 0.3) is 5.91 Å². The fourth-order valence-electron chi connectivity index (χ4n) is 3.37. The molecule has 0 saturated heterocycles. The second-order valence-corrected chi connectivity index (χ2v) is 8.52. The summed E-state index contributed by atoms with van der Waals surface area (Å²) in [4.78, 5) is 15.0. The van der Waals surface area contributed by atoms with Gasteiger partial charge in [-0.3, -0.25) is 4.79 Å². The van der Waals surface area contributed by atoms with E-state index in [1.54, 1.807) is 23.1 Å². The highest BCUT2D eigenvalue weighted by Crippen LogP contribution is 2.33. The fraction of sp³-hybridized carbons (Fsp3) is 0.409. The van der Waals surface area contributed by atoms with Crippen LogP contribution < -0.4 is 0 Å². The molecule has 6 heteroatoms. The Labute approximate surface area is 169 Å². The summed E-state index contributed by atoms with van der Waals surface area (Å²) in [5.74, 6) is -0.0895. The lowest BCUT2D eigenvalue weighted by Crippen LogP contribution is -2.32. The lowest BCUT2D eigenvalue weighted by atomic mass is 9.97. The van der Waals surface area contributed by atoms with Crippen LogP contribution in [-0.2, 0) is 10.0 Å². The molecule has 0 radical (unpaired) electrons. The van der Waals surface area contributed by atoms with Gasteiger partial charge < -0.3 is 4.90 Å². The molecule has 0 fully saturated rings. The van der Waals surface area contributed by atoms with E-state index >= 15 is 0 Å². The molecule has 2 rings (SSSR count). The molecule has 2 aromatic carbocycles. The van der Waals surface area contributed by atoms with Gasteiger partial charge in [-0.1, -0.05) is 49.7 Å². The molecule has 0 aliphatic heterocycles. The lowest BCUT2D eigenvalue weighted by molar-refractivity contribution is 0.0773. The Morgan fingerprint density at radius 1 is 0.857 bits per heavy atom. The molecular weight excluding hydrogens is 372 g/mol. The molecule has 0 spiro atoms. The average Bonchev–Trinajstić information content (AvgIpc) is 2.69. The van der Waals surface area contributed by atoms with E-state index in [9.17, 15) is 13.2 Å². The number of benzene rings is 2. The molecule has 2 aromatic rings. The largest absolute Gasteiger partial charge is 0.339 e. The zero-order chi connectivity index (χ0) is 20.9. The van der Waals surface area contributed by atoms with E-state index in [1.807, 2.05) is 58.9 Å². The summed E-state index contributed by atoms with van der Waals surface area (Å²) < 4.78 is 28.0. The molecule has 28 heavy (non-hydrogen) atoms. The number of hydrogen-bond donors (Lipinski definition) is 0. The number of hydrogen-bond acceptors (Lipinski definition) is 3. The summed E-state index contributed by atoms with van der Waals surface area (Å²) in [6.45, 7) is 11.4. The van der Waals surface area contributed by atoms with E-state index in [0.717, 1.165) is 5.56 Å². The first-order valence-electron chi connectivity index (χ1n) is 9.81. The van der Waals surface area contributed by atoms with Crippen LogP contribution in [0.5, 0.6) is 0 Å². The first-order chi connectivity index (χ1) is 13.3. The van der Waals surface area contributed by atoms with E-state index in [2.05, 4.69) is 0 Å². The third-order valence-electron chi connectivity index (χ3n) is 4.96. The standard InChI is InChI=1S/C22H30N2O3S/c1-6-23(7-2)22(25)19-13-11-10-12-18(19)20-16-17(5)14-15-21(20)28(26,27)24(8-3)9-4/h10-16H,6-9H2,1-5H3. The van der Waals surface area contributed by atoms with Crippen molar-refractivity contribution in [2.75, 3.05) is 26.2 Å². The smallest absolute Gasteiger partial charge is 0.254 e. The minimum absolute atomic E-state index is 0.0895. The maximum atomic E-state index is 13.3. The molecule has 0 atom stereocenters. The van der Waals surface area contributed by atoms with Gasteiger partial charge in [-0.05, 0) is 38.5 Å². The molecule has 0 aromatic heterocycles. The summed E-state index contributed by atoms with van der Waals surface area (Å²) in [5.41, 5.74) is 2.68. The van der Waals surface area contributed by atoms with E-state index in [1.165, 1.54) is 4.31 Å². The van der Waals surface area contributed by atoms with E-state index < -0.39 is 10.0 Å². The normalized spacial score (nSPS) is 11.6. The van der Waals surface area contributed by atoms with Crippen LogP contribution in [0.15, 0.2) is 47.4 Å². The van der Waals surface area contributed by atoms with E-state index in [-0.39, 0.29) is 10.8 Å². The van der Waals surface area contributed by atoms with Crippen LogP contribution in [0.3, 0.4) is 0 Å². The van der Waals surface area contributed by atoms with Crippen molar-refractivity contribution in [3.8, 4) is 11.1 Å². The van der Waals surface area contributed by atoms with Crippen molar-refractivity contribution in [3.05, 3.63) is 53.6 Å². The van der Waals surface area contributed by atoms with Crippen molar-refractivity contribution in [2.24, 2.45) is 0 Å². The van der Waals surface area contributed by atoms with Crippen molar-refractivity contribution in [2.45, 2.75) is 39.5 Å². The lowest BCUT2D eigenvalue weighted by Gasteiger charge is -2.23. The van der Waals surface area contributed by atoms with E-state index in [4.69, 9.17) is 0 Å². The Morgan fingerprint density at radius 3 is 2.04 bits per heavy atom. The van der Waals surface area contributed by atoms with Crippen LogP contribution in [0, 0.1) is 6.92 Å². The van der Waals surface area contributed by atoms with Crippen molar-refractivity contribution in [1.29, 1.82) is 0 Å². The van der Waals surface area contributed by atoms with Crippen LogP contribution >= 0.6 is 0 Å². The van der Waals surface area contributed by atoms with Gasteiger partial charge in [0.1, 0.15) is 0 Å². The van der Waals surface area contributed by atoms with E-state index in [0.29, 0.717) is 42.9 Å². The van der Waals surface area contributed by atoms with Gasteiger partial charge in [0, 0.05) is 37.3 Å². The fourth-order valence-corrected chi connectivity index (χ4v) is 5.01. The molecule has 0 aliphatic rings. The van der Waals surface area contributed by atoms with Crippen LogP contribution in [0.25, 0.3) is 11.1 Å². The topological polar surface area (TPSA) is 57.7 Å². The monoisotopic (exact) mass is 402 g/mol. The second-order valence-electron chi connectivity index (χ2n) is 6.61. The van der Waals surface area contributed by atoms with Gasteiger partial charge in [0.05, 0.1) is 4.90 Å². The van der Waals surface area contributed by atoms with Gasteiger partial charge in [-0.2, -0.15) is 4.31 Å². The number of carbonyl (C=O) groups is 1. The van der Waals surface area contributed by atoms with Crippen molar-refractivity contribution in [1.82, 2.24) is 9.21 Å². The number of aryl methyl sites for hydroxylation is 1. The molecule has 5 nitrogen and oxygen atoms in total. The minimum atomic E-state index is -3.66. The number of carbonyl (C=O) groups excluding carboxylic acids is 1. The van der Waals surface area contributed by atoms with Crippen LogP contribution in [-0.4, -0.2) is 49.7 Å². The predicted octanol–water partition coefficient (Wildman–Crippen LogP) is 4.17. The molecule has 0 N–H and O–H groups in total. The highest BCUT2D eigenvalue weighted by Gasteiger charge is 2.27. The first-order valence-corrected chi connectivity index (χ1v) is 11.2. The van der Waals surface area contributed by atoms with Gasteiger partial charge in [0.2, 0.25) is 10.0 Å². The molecule has 1 amide bonds. The Hall–Kier alpha value is -2.18. The van der Waals surface area contributed by atoms with Crippen LogP contribution in [0.2, 0.25) is 0 Å². The molecule has 0 saturated carbocycles. The highest BCUT2D eigenvalue weighted by atomic mass is 32.2. The maximum Gasteiger partial charge on any atom is 0.254 e. The molecule has 152 valence electrons. The Bertz CT molecular complexity index is 931. The summed E-state index contributed by atoms with van der Waals surface area (Å²) >= 11 is 0. The van der Waals surface area contributed by atoms with Crippen molar-refractivity contribution < 1.29 is 13.2 Å². The Morgan fingerprint density at radius 2 is 1.46 bits per heavy atom. The SMILES string of the molecule is CCN(CC)C(=O)c1ccccc1-c1cc(C)ccc1S(=O)(=O)N(CC)CC. The van der Waals surface area contributed by atoms with Crippen molar-refractivity contribution >= 4 is 15.9 Å². The highest BCUT2D eigenvalue weighted by molar-refractivity contribution is 7.89. The summed E-state index contributed by atoms with van der Waals surface area (Å²) in [6.07, 6.45) is 0. The minimum Gasteiger partial charge on any atom is -0.339 e. The molecule has 0 bridgehead atoms. The summed E-state index contributed by atoms with van der Waals surface area (Å²) in [7, 11) is -3.66. The zero-order valence-electron chi connectivity index (χ0n) is 17.4. The number of rotatable bonds is 8. The summed E-state index contributed by atoms with van der Waals surface area (Å²) in [5, 5.41) is 0. The summed E-state index contributed by atoms with van der Waals surface area (Å²) in [6, 6.07) is 12.5. The van der Waals surface area contributed by atoms with Gasteiger partial charge in [-0.15, -0.1) is 0 Å². The second kappa shape index (κ2) is 9.34. The van der Waals surface area contributed by atoms with Gasteiger partial charge >= 0.3 is 0 Å². The van der Waals surface area contributed by atoms with Gasteiger partial charge in [-0.25, -0.2) is 8.42 Å². The predicted molar refractivity (Wildman–Crippen MR) is 114 cm³/mol. The zero-order valence-corrected chi connectivity index (χ0v) is 18.2. The third kappa shape index (κ3) is 4.28. The molecular formula is C22H30N2O3S. The van der Waals surface area contributed by atoms with Crippen LogP contribution in [0.1, 0.15) is 43.6 Å². The molecule has 0 heterocycles. The molecule has 0 unspecified atom stereocenters. The number of sulfonamides is 1. The number of nitrogens with zero attached hydrogens (tertiary/aromatic N) is 2. The van der Waals surface area contributed by atoms with Crippen molar-refractivity contribution in [3.63, 3.8) is 0 Å². The van der Waals surface area contributed by atoms with Crippen LogP contribution in [0.4, 0.5) is 0 Å². The Balaban J connectivity index is 2.74. The third-order valence-corrected chi connectivity index (χ3v) is 7.06. The molecule has 0 aliphatic carbocycles. The van der Waals surface area contributed by atoms with Gasteiger partial charge in [0.15, 0.2) is 0 Å². The average molecular weight is 403 g/mol.